The van der Waals surface area contributed by atoms with Gasteiger partial charge < -0.3 is 5.11 Å². The highest BCUT2D eigenvalue weighted by atomic mass is 32.2. The molecule has 2 aliphatic rings. The van der Waals surface area contributed by atoms with Crippen LogP contribution in [0.15, 0.2) is 41.3 Å². The van der Waals surface area contributed by atoms with Crippen LogP contribution in [0.1, 0.15) is 50.5 Å². The fourth-order valence-corrected chi connectivity index (χ4v) is 6.00. The quantitative estimate of drug-likeness (QED) is 0.494. The van der Waals surface area contributed by atoms with Crippen molar-refractivity contribution < 1.29 is 18.3 Å². The van der Waals surface area contributed by atoms with E-state index in [4.69, 9.17) is 5.11 Å². The van der Waals surface area contributed by atoms with E-state index < -0.39 is 16.0 Å². The Balaban J connectivity index is 1.62. The maximum Gasteiger partial charge on any atom is 0.303 e. The third-order valence-corrected chi connectivity index (χ3v) is 7.52. The van der Waals surface area contributed by atoms with Gasteiger partial charge in [0.25, 0.3) is 0 Å². The molecule has 3 rings (SSSR count). The lowest BCUT2D eigenvalue weighted by atomic mass is 9.83. The lowest BCUT2D eigenvalue weighted by molar-refractivity contribution is -0.137. The average Bonchev–Trinajstić information content (AvgIpc) is 3.20. The van der Waals surface area contributed by atoms with Gasteiger partial charge in [-0.15, -0.1) is 0 Å². The van der Waals surface area contributed by atoms with E-state index in [0.29, 0.717) is 29.1 Å². The van der Waals surface area contributed by atoms with Gasteiger partial charge in [-0.2, -0.15) is 0 Å². The molecule has 27 heavy (non-hydrogen) atoms. The van der Waals surface area contributed by atoms with E-state index in [0.717, 1.165) is 31.2 Å². The van der Waals surface area contributed by atoms with Crippen molar-refractivity contribution in [1.82, 2.24) is 4.72 Å². The number of carbonyl (C=O) groups is 1. The monoisotopic (exact) mass is 391 g/mol. The van der Waals surface area contributed by atoms with Crippen LogP contribution >= 0.6 is 0 Å². The molecular weight excluding hydrogens is 362 g/mol. The maximum absolute atomic E-state index is 12.8. The number of aliphatic carboxylic acids is 1. The summed E-state index contributed by atoms with van der Waals surface area (Å²) < 4.78 is 28.6. The Kier molecular flexibility index (Phi) is 6.37. The number of rotatable bonds is 9. The smallest absolute Gasteiger partial charge is 0.303 e. The molecule has 2 N–H and O–H groups in total. The van der Waals surface area contributed by atoms with Gasteiger partial charge in [0, 0.05) is 12.5 Å². The van der Waals surface area contributed by atoms with Gasteiger partial charge in [0.15, 0.2) is 0 Å². The predicted molar refractivity (Wildman–Crippen MR) is 105 cm³/mol. The molecule has 2 bridgehead atoms. The third kappa shape index (κ3) is 4.99. The number of unbranched alkanes of at least 4 members (excludes halogenated alkanes) is 1. The molecule has 2 fully saturated rings. The van der Waals surface area contributed by atoms with E-state index in [1.54, 1.807) is 12.1 Å². The van der Waals surface area contributed by atoms with Crippen LogP contribution in [0.5, 0.6) is 0 Å². The number of carboxylic acid groups (broad SMARTS) is 1. The number of aryl methyl sites for hydroxylation is 1. The first-order valence-corrected chi connectivity index (χ1v) is 11.3. The molecule has 148 valence electrons. The Labute approximate surface area is 161 Å². The SMILES string of the molecule is Cc1ccc(S(=O)(=O)N[C@H]2C3CC[C@H](C3)[C@@H]2C/C=C\CCCC(=O)O)cc1. The fraction of sp³-hybridized carbons (Fsp3) is 0.571. The highest BCUT2D eigenvalue weighted by molar-refractivity contribution is 7.89. The zero-order chi connectivity index (χ0) is 19.4. The molecule has 4 atom stereocenters. The van der Waals surface area contributed by atoms with Crippen molar-refractivity contribution in [3.05, 3.63) is 42.0 Å². The zero-order valence-electron chi connectivity index (χ0n) is 15.8. The summed E-state index contributed by atoms with van der Waals surface area (Å²) in [5.74, 6) is 0.590. The number of fused-ring (bicyclic) bond motifs is 2. The standard InChI is InChI=1S/C21H29NO4S/c1-15-8-12-18(13-9-15)27(25,26)22-21-17-11-10-16(14-17)19(21)6-4-2-3-5-7-20(23)24/h2,4,8-9,12-13,16-17,19,21-22H,3,5-7,10-11,14H2,1H3,(H,23,24)/b4-2-/t16-,17?,19+,21+/m1/s1. The maximum atomic E-state index is 12.8. The van der Waals surface area contributed by atoms with Crippen LogP contribution in [0.2, 0.25) is 0 Å². The first-order chi connectivity index (χ1) is 12.9. The van der Waals surface area contributed by atoms with E-state index in [1.807, 2.05) is 25.1 Å². The minimum Gasteiger partial charge on any atom is -0.481 e. The summed E-state index contributed by atoms with van der Waals surface area (Å²) in [5.41, 5.74) is 1.04. The van der Waals surface area contributed by atoms with Gasteiger partial charge in [-0.05, 0) is 75.3 Å². The fourth-order valence-electron chi connectivity index (χ4n) is 4.64. The number of allylic oxidation sites excluding steroid dienone is 2. The van der Waals surface area contributed by atoms with Crippen molar-refractivity contribution in [1.29, 1.82) is 0 Å². The average molecular weight is 392 g/mol. The summed E-state index contributed by atoms with van der Waals surface area (Å²) in [7, 11) is -3.50. The summed E-state index contributed by atoms with van der Waals surface area (Å²) in [6, 6.07) is 6.99. The molecular formula is C21H29NO4S. The van der Waals surface area contributed by atoms with Gasteiger partial charge in [-0.25, -0.2) is 13.1 Å². The topological polar surface area (TPSA) is 83.5 Å². The molecule has 5 nitrogen and oxygen atoms in total. The summed E-state index contributed by atoms with van der Waals surface area (Å²) in [6.07, 6.45) is 10.0. The lowest BCUT2D eigenvalue weighted by Gasteiger charge is -2.31. The van der Waals surface area contributed by atoms with Gasteiger partial charge in [0.05, 0.1) is 4.90 Å². The second-order valence-corrected chi connectivity index (χ2v) is 9.66. The van der Waals surface area contributed by atoms with Crippen molar-refractivity contribution in [2.75, 3.05) is 0 Å². The van der Waals surface area contributed by atoms with Gasteiger partial charge in [0.1, 0.15) is 0 Å². The number of hydrogen-bond donors (Lipinski definition) is 2. The molecule has 0 aliphatic heterocycles. The van der Waals surface area contributed by atoms with Gasteiger partial charge in [-0.3, -0.25) is 4.79 Å². The summed E-state index contributed by atoms with van der Waals surface area (Å²) in [4.78, 5) is 10.9. The zero-order valence-corrected chi connectivity index (χ0v) is 16.6. The molecule has 1 aromatic rings. The van der Waals surface area contributed by atoms with Crippen LogP contribution in [-0.2, 0) is 14.8 Å². The first kappa shape index (κ1) is 20.1. The second kappa shape index (κ2) is 8.57. The van der Waals surface area contributed by atoms with Gasteiger partial charge >= 0.3 is 5.97 Å². The summed E-state index contributed by atoms with van der Waals surface area (Å²) in [5, 5.41) is 8.68. The highest BCUT2D eigenvalue weighted by Crippen LogP contribution is 2.50. The minimum absolute atomic E-state index is 0.00118. The number of nitrogens with one attached hydrogen (secondary N) is 1. The van der Waals surface area contributed by atoms with E-state index in [-0.39, 0.29) is 12.5 Å². The van der Waals surface area contributed by atoms with Crippen LogP contribution in [0.4, 0.5) is 0 Å². The number of carboxylic acids is 1. The van der Waals surface area contributed by atoms with E-state index in [1.165, 1.54) is 6.42 Å². The molecule has 2 aliphatic carbocycles. The van der Waals surface area contributed by atoms with E-state index in [2.05, 4.69) is 10.8 Å². The second-order valence-electron chi connectivity index (χ2n) is 7.95. The van der Waals surface area contributed by atoms with Crippen molar-refractivity contribution in [2.45, 2.75) is 62.8 Å². The molecule has 1 aromatic carbocycles. The largest absolute Gasteiger partial charge is 0.481 e. The summed E-state index contributed by atoms with van der Waals surface area (Å²) >= 11 is 0. The van der Waals surface area contributed by atoms with Gasteiger partial charge in [0.2, 0.25) is 10.0 Å². The van der Waals surface area contributed by atoms with Crippen molar-refractivity contribution in [2.24, 2.45) is 17.8 Å². The Morgan fingerprint density at radius 2 is 1.89 bits per heavy atom. The van der Waals surface area contributed by atoms with Crippen LogP contribution in [0.25, 0.3) is 0 Å². The lowest BCUT2D eigenvalue weighted by Crippen LogP contribution is -2.43. The molecule has 0 heterocycles. The van der Waals surface area contributed by atoms with Crippen LogP contribution in [0.3, 0.4) is 0 Å². The Hall–Kier alpha value is -1.66. The molecule has 6 heteroatoms. The van der Waals surface area contributed by atoms with Crippen LogP contribution in [0, 0.1) is 24.7 Å². The third-order valence-electron chi connectivity index (χ3n) is 6.05. The Morgan fingerprint density at radius 1 is 1.19 bits per heavy atom. The summed E-state index contributed by atoms with van der Waals surface area (Å²) in [6.45, 7) is 1.94. The molecule has 0 amide bonds. The molecule has 0 aromatic heterocycles. The Bertz CT molecular complexity index is 785. The number of sulfonamides is 1. The molecule has 0 saturated heterocycles. The number of benzene rings is 1. The molecule has 0 radical (unpaired) electrons. The van der Waals surface area contributed by atoms with Crippen LogP contribution < -0.4 is 4.72 Å². The van der Waals surface area contributed by atoms with Crippen LogP contribution in [-0.4, -0.2) is 25.5 Å². The normalized spacial score (nSPS) is 27.4. The van der Waals surface area contributed by atoms with E-state index >= 15 is 0 Å². The first-order valence-electron chi connectivity index (χ1n) is 9.82. The molecule has 1 unspecified atom stereocenters. The molecule has 2 saturated carbocycles. The predicted octanol–water partition coefficient (Wildman–Crippen LogP) is 3.89. The number of hydrogen-bond acceptors (Lipinski definition) is 3. The van der Waals surface area contributed by atoms with Crippen molar-refractivity contribution in [3.8, 4) is 0 Å². The highest BCUT2D eigenvalue weighted by Gasteiger charge is 2.48. The van der Waals surface area contributed by atoms with E-state index in [9.17, 15) is 13.2 Å². The molecule has 0 spiro atoms. The van der Waals surface area contributed by atoms with Gasteiger partial charge in [-0.1, -0.05) is 29.8 Å². The van der Waals surface area contributed by atoms with Crippen molar-refractivity contribution >= 4 is 16.0 Å². The Morgan fingerprint density at radius 3 is 2.59 bits per heavy atom. The van der Waals surface area contributed by atoms with Crippen molar-refractivity contribution in [3.63, 3.8) is 0 Å². The minimum atomic E-state index is -3.50.